The Labute approximate surface area is 82.7 Å². The second-order valence-electron chi connectivity index (χ2n) is 2.66. The van der Waals surface area contributed by atoms with E-state index in [9.17, 15) is 18.4 Å². The molecule has 6 heteroatoms. The highest BCUT2D eigenvalue weighted by Gasteiger charge is 2.17. The second kappa shape index (κ2) is 3.88. The third kappa shape index (κ3) is 1.98. The highest BCUT2D eigenvalue weighted by molar-refractivity contribution is 6.67. The zero-order chi connectivity index (χ0) is 10.9. The summed E-state index contributed by atoms with van der Waals surface area (Å²) in [5.74, 6) is 0. The molecule has 3 nitrogen and oxygen atoms in total. The van der Waals surface area contributed by atoms with Crippen LogP contribution in [0.2, 0.25) is 0 Å². The van der Waals surface area contributed by atoms with Gasteiger partial charge >= 0.3 is 0 Å². The Bertz CT molecular complexity index is 428. The van der Waals surface area contributed by atoms with E-state index in [2.05, 4.69) is 0 Å². The molecule has 1 heterocycles. The summed E-state index contributed by atoms with van der Waals surface area (Å²) in [6.45, 7) is 1.30. The van der Waals surface area contributed by atoms with Gasteiger partial charge in [-0.1, -0.05) is 0 Å². The SMILES string of the molecule is Cc1c(C(=O)Cl)cc(=O)[nH]c1C(F)F. The first-order valence-corrected chi connectivity index (χ1v) is 4.03. The first-order chi connectivity index (χ1) is 6.43. The van der Waals surface area contributed by atoms with Crippen LogP contribution in [0.25, 0.3) is 0 Å². The van der Waals surface area contributed by atoms with Gasteiger partial charge in [0, 0.05) is 11.6 Å². The van der Waals surface area contributed by atoms with E-state index in [0.29, 0.717) is 0 Å². The molecule has 0 aliphatic heterocycles. The van der Waals surface area contributed by atoms with Crippen molar-refractivity contribution in [2.75, 3.05) is 0 Å². The van der Waals surface area contributed by atoms with E-state index >= 15 is 0 Å². The van der Waals surface area contributed by atoms with Crippen molar-refractivity contribution in [1.82, 2.24) is 4.98 Å². The van der Waals surface area contributed by atoms with Crippen LogP contribution >= 0.6 is 11.6 Å². The van der Waals surface area contributed by atoms with Crippen LogP contribution in [-0.4, -0.2) is 10.2 Å². The van der Waals surface area contributed by atoms with Crippen molar-refractivity contribution >= 4 is 16.8 Å². The predicted molar refractivity (Wildman–Crippen MR) is 46.9 cm³/mol. The maximum Gasteiger partial charge on any atom is 0.278 e. The number of hydrogen-bond acceptors (Lipinski definition) is 2. The summed E-state index contributed by atoms with van der Waals surface area (Å²) in [5, 5.41) is -0.921. The number of rotatable bonds is 2. The third-order valence-electron chi connectivity index (χ3n) is 1.77. The first kappa shape index (κ1) is 10.8. The Hall–Kier alpha value is -1.23. The van der Waals surface area contributed by atoms with Gasteiger partial charge in [-0.2, -0.15) is 0 Å². The summed E-state index contributed by atoms with van der Waals surface area (Å²) >= 11 is 5.12. The largest absolute Gasteiger partial charge is 0.321 e. The molecule has 0 aromatic carbocycles. The number of H-pyrrole nitrogens is 1. The van der Waals surface area contributed by atoms with Gasteiger partial charge in [0.25, 0.3) is 11.7 Å². The molecule has 0 saturated heterocycles. The normalized spacial score (nSPS) is 10.6. The maximum absolute atomic E-state index is 12.3. The zero-order valence-corrected chi connectivity index (χ0v) is 7.86. The number of carbonyl (C=O) groups excluding carboxylic acids is 1. The minimum Gasteiger partial charge on any atom is -0.321 e. The summed E-state index contributed by atoms with van der Waals surface area (Å²) in [5.41, 5.74) is -1.53. The number of aromatic nitrogens is 1. The van der Waals surface area contributed by atoms with Gasteiger partial charge in [-0.25, -0.2) is 8.78 Å². The lowest BCUT2D eigenvalue weighted by atomic mass is 10.1. The molecule has 0 saturated carbocycles. The van der Waals surface area contributed by atoms with E-state index < -0.39 is 22.9 Å². The van der Waals surface area contributed by atoms with Crippen LogP contribution in [0.4, 0.5) is 8.78 Å². The van der Waals surface area contributed by atoms with E-state index in [-0.39, 0.29) is 11.1 Å². The van der Waals surface area contributed by atoms with Crippen molar-refractivity contribution in [2.45, 2.75) is 13.3 Å². The molecule has 1 N–H and O–H groups in total. The van der Waals surface area contributed by atoms with Crippen LogP contribution in [0.15, 0.2) is 10.9 Å². The average molecular weight is 222 g/mol. The summed E-state index contributed by atoms with van der Waals surface area (Å²) in [6.07, 6.45) is -2.83. The molecular formula is C8H6ClF2NO2. The minimum absolute atomic E-state index is 0.000370. The molecule has 0 radical (unpaired) electrons. The summed E-state index contributed by atoms with van der Waals surface area (Å²) in [7, 11) is 0. The highest BCUT2D eigenvalue weighted by atomic mass is 35.5. The highest BCUT2D eigenvalue weighted by Crippen LogP contribution is 2.21. The second-order valence-corrected chi connectivity index (χ2v) is 3.00. The number of alkyl halides is 2. The Morgan fingerprint density at radius 2 is 2.14 bits per heavy atom. The van der Waals surface area contributed by atoms with Crippen LogP contribution in [0.5, 0.6) is 0 Å². The molecule has 0 aliphatic carbocycles. The number of carbonyl (C=O) groups is 1. The molecule has 0 amide bonds. The number of halogens is 3. The number of pyridine rings is 1. The van der Waals surface area contributed by atoms with E-state index in [4.69, 9.17) is 11.6 Å². The molecule has 0 spiro atoms. The van der Waals surface area contributed by atoms with Crippen molar-refractivity contribution in [2.24, 2.45) is 0 Å². The fraction of sp³-hybridized carbons (Fsp3) is 0.250. The van der Waals surface area contributed by atoms with Crippen LogP contribution in [-0.2, 0) is 0 Å². The minimum atomic E-state index is -2.83. The van der Waals surface area contributed by atoms with E-state index in [1.807, 2.05) is 4.98 Å². The van der Waals surface area contributed by atoms with Crippen LogP contribution in [0.3, 0.4) is 0 Å². The molecular weight excluding hydrogens is 216 g/mol. The maximum atomic E-state index is 12.3. The number of hydrogen-bond donors (Lipinski definition) is 1. The topological polar surface area (TPSA) is 49.9 Å². The van der Waals surface area contributed by atoms with Gasteiger partial charge < -0.3 is 4.98 Å². The summed E-state index contributed by atoms with van der Waals surface area (Å²) < 4.78 is 24.7. The molecule has 0 unspecified atom stereocenters. The van der Waals surface area contributed by atoms with Gasteiger partial charge in [-0.15, -0.1) is 0 Å². The molecule has 0 aliphatic rings. The monoisotopic (exact) mass is 221 g/mol. The molecule has 1 aromatic rings. The zero-order valence-electron chi connectivity index (χ0n) is 7.11. The van der Waals surface area contributed by atoms with E-state index in [1.54, 1.807) is 0 Å². The van der Waals surface area contributed by atoms with Crippen molar-refractivity contribution in [1.29, 1.82) is 0 Å². The fourth-order valence-corrected chi connectivity index (χ4v) is 1.27. The van der Waals surface area contributed by atoms with Crippen molar-refractivity contribution in [3.8, 4) is 0 Å². The Balaban J connectivity index is 3.48. The standard InChI is InChI=1S/C8H6ClF2NO2/c1-3-4(7(9)14)2-5(13)12-6(3)8(10)11/h2,8H,1H3,(H,12,13). The molecule has 0 atom stereocenters. The Morgan fingerprint density at radius 3 is 2.57 bits per heavy atom. The van der Waals surface area contributed by atoms with Crippen molar-refractivity contribution < 1.29 is 13.6 Å². The molecule has 0 bridgehead atoms. The third-order valence-corrected chi connectivity index (χ3v) is 1.97. The predicted octanol–water partition coefficient (Wildman–Crippen LogP) is 2.00. The lowest BCUT2D eigenvalue weighted by Crippen LogP contribution is -2.14. The van der Waals surface area contributed by atoms with E-state index in [1.165, 1.54) is 6.92 Å². The van der Waals surface area contributed by atoms with Crippen LogP contribution in [0.1, 0.15) is 28.0 Å². The smallest absolute Gasteiger partial charge is 0.278 e. The summed E-state index contributed by atoms with van der Waals surface area (Å²) in [6, 6.07) is 0.899. The van der Waals surface area contributed by atoms with E-state index in [0.717, 1.165) is 6.07 Å². The molecule has 1 rings (SSSR count). The number of aromatic amines is 1. The molecule has 1 aromatic heterocycles. The van der Waals surface area contributed by atoms with Gasteiger partial charge in [0.1, 0.15) is 0 Å². The summed E-state index contributed by atoms with van der Waals surface area (Å²) in [4.78, 5) is 23.6. The Morgan fingerprint density at radius 1 is 1.57 bits per heavy atom. The first-order valence-electron chi connectivity index (χ1n) is 3.65. The van der Waals surface area contributed by atoms with Crippen LogP contribution < -0.4 is 5.56 Å². The molecule has 14 heavy (non-hydrogen) atoms. The van der Waals surface area contributed by atoms with Crippen molar-refractivity contribution in [3.63, 3.8) is 0 Å². The lowest BCUT2D eigenvalue weighted by Gasteiger charge is -2.06. The quantitative estimate of drug-likeness (QED) is 0.777. The number of nitrogens with one attached hydrogen (secondary N) is 1. The van der Waals surface area contributed by atoms with Gasteiger partial charge in [-0.05, 0) is 24.1 Å². The Kier molecular flexibility index (Phi) is 3.00. The van der Waals surface area contributed by atoms with Gasteiger partial charge in [0.05, 0.1) is 5.69 Å². The van der Waals surface area contributed by atoms with Crippen LogP contribution in [0, 0.1) is 6.92 Å². The molecule has 0 fully saturated rings. The van der Waals surface area contributed by atoms with Gasteiger partial charge in [0.2, 0.25) is 5.56 Å². The van der Waals surface area contributed by atoms with Gasteiger partial charge in [0.15, 0.2) is 0 Å². The average Bonchev–Trinajstić information content (AvgIpc) is 2.07. The molecule has 76 valence electrons. The van der Waals surface area contributed by atoms with Crippen molar-refractivity contribution in [3.05, 3.63) is 33.2 Å². The fourth-order valence-electron chi connectivity index (χ4n) is 1.07. The van der Waals surface area contributed by atoms with Gasteiger partial charge in [-0.3, -0.25) is 9.59 Å². The lowest BCUT2D eigenvalue weighted by molar-refractivity contribution is 0.107.